The molecule has 0 radical (unpaired) electrons. The lowest BCUT2D eigenvalue weighted by Crippen LogP contribution is -2.13. The van der Waals surface area contributed by atoms with E-state index >= 15 is 0 Å². The molecule has 17 heavy (non-hydrogen) atoms. The molecule has 2 aromatic rings. The highest BCUT2D eigenvalue weighted by atomic mass is 79.9. The fraction of sp³-hybridized carbons (Fsp3) is 0. The molecule has 1 aromatic carbocycles. The average Bonchev–Trinajstić information content (AvgIpc) is 2.73. The molecular weight excluding hydrogens is 328 g/mol. The van der Waals surface area contributed by atoms with E-state index in [0.29, 0.717) is 10.2 Å². The summed E-state index contributed by atoms with van der Waals surface area (Å²) in [5.74, 6) is 0. The maximum atomic E-state index is 11.9. The predicted molar refractivity (Wildman–Crippen MR) is 69.3 cm³/mol. The van der Waals surface area contributed by atoms with Gasteiger partial charge in [0.25, 0.3) is 10.0 Å². The molecule has 0 fully saturated rings. The summed E-state index contributed by atoms with van der Waals surface area (Å²) in [6, 6.07) is 4.36. The van der Waals surface area contributed by atoms with Gasteiger partial charge in [0.1, 0.15) is 5.51 Å². The third-order valence-corrected chi connectivity index (χ3v) is 4.62. The topological polar surface area (TPSA) is 98.0 Å². The first-order valence-corrected chi connectivity index (χ1v) is 7.48. The second-order valence-electron chi connectivity index (χ2n) is 3.03. The zero-order chi connectivity index (χ0) is 12.5. The molecule has 0 saturated carbocycles. The first-order valence-electron chi connectivity index (χ1n) is 4.33. The first kappa shape index (κ1) is 12.3. The molecule has 0 saturated heterocycles. The van der Waals surface area contributed by atoms with Gasteiger partial charge in [-0.1, -0.05) is 11.3 Å². The summed E-state index contributed by atoms with van der Waals surface area (Å²) in [5.41, 5.74) is 7.50. The van der Waals surface area contributed by atoms with Gasteiger partial charge < -0.3 is 5.73 Å². The van der Waals surface area contributed by atoms with Gasteiger partial charge in [-0.25, -0.2) is 8.42 Å². The van der Waals surface area contributed by atoms with Gasteiger partial charge in [0.15, 0.2) is 0 Å². The number of hydrogen-bond donors (Lipinski definition) is 2. The van der Waals surface area contributed by atoms with E-state index in [1.807, 2.05) is 0 Å². The Morgan fingerprint density at radius 1 is 1.41 bits per heavy atom. The van der Waals surface area contributed by atoms with Gasteiger partial charge in [-0.05, 0) is 34.1 Å². The number of sulfonamides is 1. The molecule has 0 unspecified atom stereocenters. The molecule has 0 bridgehead atoms. The summed E-state index contributed by atoms with van der Waals surface area (Å²) in [4.78, 5) is 0.105. The van der Waals surface area contributed by atoms with Crippen LogP contribution in [0.1, 0.15) is 0 Å². The van der Waals surface area contributed by atoms with Crippen LogP contribution in [0.2, 0.25) is 0 Å². The Balaban J connectivity index is 2.35. The standard InChI is InChI=1S/C8H7BrN4O2S2/c9-6-3-5(1-2-7(6)10)17(14,15)13-8-12-11-4-16-8/h1-4H,10H2,(H,12,13). The molecule has 0 spiro atoms. The summed E-state index contributed by atoms with van der Waals surface area (Å²) in [6.07, 6.45) is 0. The lowest BCUT2D eigenvalue weighted by Gasteiger charge is -2.06. The summed E-state index contributed by atoms with van der Waals surface area (Å²) in [6.45, 7) is 0. The lowest BCUT2D eigenvalue weighted by molar-refractivity contribution is 0.601. The third-order valence-electron chi connectivity index (χ3n) is 1.86. The molecule has 0 aliphatic rings. The van der Waals surface area contributed by atoms with Gasteiger partial charge in [0.2, 0.25) is 5.13 Å². The smallest absolute Gasteiger partial charge is 0.263 e. The number of rotatable bonds is 3. The van der Waals surface area contributed by atoms with Crippen molar-refractivity contribution in [3.63, 3.8) is 0 Å². The van der Waals surface area contributed by atoms with Crippen LogP contribution in [-0.4, -0.2) is 18.6 Å². The molecule has 6 nitrogen and oxygen atoms in total. The molecule has 0 aliphatic carbocycles. The number of aromatic nitrogens is 2. The van der Waals surface area contributed by atoms with E-state index in [1.54, 1.807) is 0 Å². The van der Waals surface area contributed by atoms with Crippen LogP contribution in [0.15, 0.2) is 33.1 Å². The molecule has 3 N–H and O–H groups in total. The highest BCUT2D eigenvalue weighted by molar-refractivity contribution is 9.10. The number of hydrogen-bond acceptors (Lipinski definition) is 6. The van der Waals surface area contributed by atoms with Crippen molar-refractivity contribution in [3.8, 4) is 0 Å². The molecule has 0 atom stereocenters. The van der Waals surface area contributed by atoms with Crippen molar-refractivity contribution in [2.45, 2.75) is 4.90 Å². The fourth-order valence-electron chi connectivity index (χ4n) is 1.07. The Morgan fingerprint density at radius 2 is 2.18 bits per heavy atom. The van der Waals surface area contributed by atoms with Crippen LogP contribution in [0.4, 0.5) is 10.8 Å². The Bertz CT molecular complexity index is 627. The minimum absolute atomic E-state index is 0.105. The molecule has 0 amide bonds. The number of nitrogens with two attached hydrogens (primary N) is 1. The Labute approximate surface area is 110 Å². The minimum atomic E-state index is -3.65. The fourth-order valence-corrected chi connectivity index (χ4v) is 3.32. The number of nitrogens with one attached hydrogen (secondary N) is 1. The van der Waals surface area contributed by atoms with Crippen molar-refractivity contribution in [1.29, 1.82) is 0 Å². The molecule has 2 rings (SSSR count). The maximum Gasteiger partial charge on any atom is 0.263 e. The van der Waals surface area contributed by atoms with E-state index in [4.69, 9.17) is 5.73 Å². The van der Waals surface area contributed by atoms with Crippen molar-refractivity contribution >= 4 is 48.1 Å². The van der Waals surface area contributed by atoms with Gasteiger partial charge >= 0.3 is 0 Å². The summed E-state index contributed by atoms with van der Waals surface area (Å²) in [5, 5.41) is 7.37. The van der Waals surface area contributed by atoms with E-state index in [0.717, 1.165) is 11.3 Å². The van der Waals surface area contributed by atoms with Crippen molar-refractivity contribution in [2.75, 3.05) is 10.5 Å². The van der Waals surface area contributed by atoms with Crippen LogP contribution >= 0.6 is 27.3 Å². The van der Waals surface area contributed by atoms with Crippen LogP contribution in [0.3, 0.4) is 0 Å². The van der Waals surface area contributed by atoms with E-state index in [-0.39, 0.29) is 10.0 Å². The molecule has 1 aromatic heterocycles. The molecule has 90 valence electrons. The van der Waals surface area contributed by atoms with E-state index in [9.17, 15) is 8.42 Å². The Morgan fingerprint density at radius 3 is 2.76 bits per heavy atom. The highest BCUT2D eigenvalue weighted by Crippen LogP contribution is 2.24. The van der Waals surface area contributed by atoms with Crippen molar-refractivity contribution < 1.29 is 8.42 Å². The lowest BCUT2D eigenvalue weighted by atomic mass is 10.3. The van der Waals surface area contributed by atoms with Gasteiger partial charge in [-0.2, -0.15) is 0 Å². The van der Waals surface area contributed by atoms with E-state index < -0.39 is 10.0 Å². The number of halogens is 1. The van der Waals surface area contributed by atoms with E-state index in [1.165, 1.54) is 23.7 Å². The average molecular weight is 335 g/mol. The van der Waals surface area contributed by atoms with Gasteiger partial charge in [-0.3, -0.25) is 4.72 Å². The van der Waals surface area contributed by atoms with Crippen LogP contribution in [-0.2, 0) is 10.0 Å². The zero-order valence-electron chi connectivity index (χ0n) is 8.29. The van der Waals surface area contributed by atoms with Crippen LogP contribution < -0.4 is 10.5 Å². The van der Waals surface area contributed by atoms with Crippen molar-refractivity contribution in [3.05, 3.63) is 28.2 Å². The summed E-state index contributed by atoms with van der Waals surface area (Å²) >= 11 is 4.28. The number of nitrogen functional groups attached to an aromatic ring is 1. The predicted octanol–water partition coefficient (Wildman–Crippen LogP) is 1.68. The van der Waals surface area contributed by atoms with Gasteiger partial charge in [0, 0.05) is 10.2 Å². The first-order chi connectivity index (χ1) is 7.99. The number of benzene rings is 1. The van der Waals surface area contributed by atoms with Crippen LogP contribution in [0.5, 0.6) is 0 Å². The number of nitrogens with zero attached hydrogens (tertiary/aromatic N) is 2. The normalized spacial score (nSPS) is 11.4. The second-order valence-corrected chi connectivity index (χ2v) is 6.40. The highest BCUT2D eigenvalue weighted by Gasteiger charge is 2.16. The van der Waals surface area contributed by atoms with E-state index in [2.05, 4.69) is 30.8 Å². The van der Waals surface area contributed by atoms with Crippen LogP contribution in [0.25, 0.3) is 0 Å². The summed E-state index contributed by atoms with van der Waals surface area (Å²) < 4.78 is 26.7. The minimum Gasteiger partial charge on any atom is -0.398 e. The molecule has 9 heteroatoms. The number of anilines is 2. The van der Waals surface area contributed by atoms with Crippen molar-refractivity contribution in [2.24, 2.45) is 0 Å². The molecule has 0 aliphatic heterocycles. The molecular formula is C8H7BrN4O2S2. The Hall–Kier alpha value is -1.19. The SMILES string of the molecule is Nc1ccc(S(=O)(=O)Nc2nncs2)cc1Br. The summed E-state index contributed by atoms with van der Waals surface area (Å²) in [7, 11) is -3.65. The molecule has 1 heterocycles. The third kappa shape index (κ3) is 2.73. The largest absolute Gasteiger partial charge is 0.398 e. The second kappa shape index (κ2) is 4.59. The zero-order valence-corrected chi connectivity index (χ0v) is 11.5. The van der Waals surface area contributed by atoms with Gasteiger partial charge in [-0.15, -0.1) is 10.2 Å². The Kier molecular flexibility index (Phi) is 3.31. The van der Waals surface area contributed by atoms with Gasteiger partial charge in [0.05, 0.1) is 4.90 Å². The quantitative estimate of drug-likeness (QED) is 0.832. The van der Waals surface area contributed by atoms with Crippen molar-refractivity contribution in [1.82, 2.24) is 10.2 Å². The van der Waals surface area contributed by atoms with Crippen LogP contribution in [0, 0.1) is 0 Å². The maximum absolute atomic E-state index is 11.9. The monoisotopic (exact) mass is 334 g/mol.